The topological polar surface area (TPSA) is 30.2 Å². The number of fused-ring (bicyclic) bond motifs is 1. The van der Waals surface area contributed by atoms with Gasteiger partial charge in [0.1, 0.15) is 5.58 Å². The summed E-state index contributed by atoms with van der Waals surface area (Å²) in [5.41, 5.74) is 0.375. The van der Waals surface area contributed by atoms with Gasteiger partial charge in [-0.3, -0.25) is 0 Å². The van der Waals surface area contributed by atoms with Crippen molar-refractivity contribution in [1.82, 2.24) is 0 Å². The van der Waals surface area contributed by atoms with E-state index in [4.69, 9.17) is 4.42 Å². The van der Waals surface area contributed by atoms with Crippen LogP contribution in [0.25, 0.3) is 11.0 Å². The molecule has 0 bridgehead atoms. The van der Waals surface area contributed by atoms with Crippen LogP contribution in [0.15, 0.2) is 33.5 Å². The molecule has 66 valence electrons. The number of hydrogen-bond acceptors (Lipinski definition) is 2. The highest BCUT2D eigenvalue weighted by Gasteiger charge is 2.01. The third kappa shape index (κ3) is 1.88. The largest absolute Gasteiger partial charge is 0.422 e. The molecule has 2 nitrogen and oxygen atoms in total. The smallest absolute Gasteiger partial charge is 0.349 e. The summed E-state index contributed by atoms with van der Waals surface area (Å²) in [5.74, 6) is 0. The Morgan fingerprint density at radius 2 is 1.92 bits per heavy atom. The van der Waals surface area contributed by atoms with Gasteiger partial charge in [-0.1, -0.05) is 0 Å². The fourth-order valence-corrected chi connectivity index (χ4v) is 2.03. The van der Waals surface area contributed by atoms with Crippen molar-refractivity contribution in [3.8, 4) is 0 Å². The van der Waals surface area contributed by atoms with Crippen LogP contribution in [-0.4, -0.2) is 0 Å². The van der Waals surface area contributed by atoms with Gasteiger partial charge in [0.25, 0.3) is 0 Å². The Kier molecular flexibility index (Phi) is 2.59. The van der Waals surface area contributed by atoms with Gasteiger partial charge in [0.05, 0.1) is 3.57 Å². The van der Waals surface area contributed by atoms with E-state index in [1.807, 2.05) is 46.9 Å². The first-order valence-electron chi connectivity index (χ1n) is 3.56. The highest BCUT2D eigenvalue weighted by molar-refractivity contribution is 14.1. The molecule has 1 heterocycles. The molecular formula is C9H4I2O2. The maximum absolute atomic E-state index is 11.1. The molecule has 0 radical (unpaired) electrons. The number of halogens is 2. The van der Waals surface area contributed by atoms with Gasteiger partial charge in [-0.15, -0.1) is 0 Å². The lowest BCUT2D eigenvalue weighted by Gasteiger charge is -1.97. The Morgan fingerprint density at radius 3 is 2.69 bits per heavy atom. The molecule has 1 aromatic carbocycles. The van der Waals surface area contributed by atoms with Gasteiger partial charge in [0.2, 0.25) is 0 Å². The zero-order valence-electron chi connectivity index (χ0n) is 6.38. The van der Waals surface area contributed by atoms with Crippen LogP contribution in [0.4, 0.5) is 0 Å². The molecule has 0 N–H and O–H groups in total. The molecule has 0 saturated heterocycles. The minimum absolute atomic E-state index is 0.269. The molecule has 0 atom stereocenters. The number of rotatable bonds is 0. The summed E-state index contributed by atoms with van der Waals surface area (Å²) >= 11 is 4.20. The van der Waals surface area contributed by atoms with Crippen LogP contribution >= 0.6 is 45.2 Å². The molecule has 2 aromatic rings. The number of benzene rings is 1. The van der Waals surface area contributed by atoms with E-state index in [0.717, 1.165) is 8.96 Å². The van der Waals surface area contributed by atoms with Gasteiger partial charge >= 0.3 is 5.63 Å². The van der Waals surface area contributed by atoms with Crippen LogP contribution < -0.4 is 5.63 Å². The van der Waals surface area contributed by atoms with Gasteiger partial charge in [-0.2, -0.15) is 0 Å². The van der Waals surface area contributed by atoms with Crippen LogP contribution in [0.3, 0.4) is 0 Å². The quantitative estimate of drug-likeness (QED) is 0.505. The van der Waals surface area contributed by atoms with Gasteiger partial charge in [0.15, 0.2) is 0 Å². The summed E-state index contributed by atoms with van der Waals surface area (Å²) in [5, 5.41) is 0.968. The normalized spacial score (nSPS) is 10.6. The standard InChI is InChI=1S/C9H4I2O2/c10-6-1-2-8-5(3-6)4-7(11)9(12)13-8/h1-4H. The highest BCUT2D eigenvalue weighted by atomic mass is 127. The maximum Gasteiger partial charge on any atom is 0.349 e. The molecule has 0 unspecified atom stereocenters. The summed E-state index contributed by atoms with van der Waals surface area (Å²) < 4.78 is 6.83. The first kappa shape index (κ1) is 9.45. The van der Waals surface area contributed by atoms with Crippen LogP contribution in [-0.2, 0) is 0 Å². The molecule has 2 rings (SSSR count). The molecule has 4 heteroatoms. The highest BCUT2D eigenvalue weighted by Crippen LogP contribution is 2.17. The van der Waals surface area contributed by atoms with E-state index in [1.54, 1.807) is 0 Å². The van der Waals surface area contributed by atoms with Crippen LogP contribution in [0, 0.1) is 7.14 Å². The SMILES string of the molecule is O=c1oc2ccc(I)cc2cc1I. The van der Waals surface area contributed by atoms with Crippen LogP contribution in [0.1, 0.15) is 0 Å². The maximum atomic E-state index is 11.1. The van der Waals surface area contributed by atoms with Gasteiger partial charge in [-0.25, -0.2) is 4.79 Å². The fraction of sp³-hybridized carbons (Fsp3) is 0. The van der Waals surface area contributed by atoms with Crippen molar-refractivity contribution in [2.24, 2.45) is 0 Å². The van der Waals surface area contributed by atoms with Gasteiger partial charge in [0, 0.05) is 8.96 Å². The Morgan fingerprint density at radius 1 is 1.15 bits per heavy atom. The minimum Gasteiger partial charge on any atom is -0.422 e. The second-order valence-corrected chi connectivity index (χ2v) is 4.97. The molecule has 0 aliphatic rings. The van der Waals surface area contributed by atoms with E-state index < -0.39 is 0 Å². The van der Waals surface area contributed by atoms with E-state index in [0.29, 0.717) is 9.15 Å². The van der Waals surface area contributed by atoms with Crippen molar-refractivity contribution in [3.05, 3.63) is 41.8 Å². The first-order valence-corrected chi connectivity index (χ1v) is 5.71. The summed E-state index contributed by atoms with van der Waals surface area (Å²) in [6.07, 6.45) is 0. The summed E-state index contributed by atoms with van der Waals surface area (Å²) in [6.45, 7) is 0. The van der Waals surface area contributed by atoms with E-state index in [2.05, 4.69) is 22.6 Å². The first-order chi connectivity index (χ1) is 6.16. The van der Waals surface area contributed by atoms with Gasteiger partial charge < -0.3 is 4.42 Å². The molecule has 0 amide bonds. The lowest BCUT2D eigenvalue weighted by atomic mass is 10.2. The monoisotopic (exact) mass is 398 g/mol. The summed E-state index contributed by atoms with van der Waals surface area (Å²) in [6, 6.07) is 7.55. The Hall–Kier alpha value is -0.110. The Balaban J connectivity index is 2.89. The van der Waals surface area contributed by atoms with Crippen molar-refractivity contribution in [1.29, 1.82) is 0 Å². The third-order valence-electron chi connectivity index (χ3n) is 1.65. The minimum atomic E-state index is -0.269. The molecule has 0 fully saturated rings. The Bertz CT molecular complexity index is 516. The molecule has 1 aromatic heterocycles. The molecular weight excluding hydrogens is 394 g/mol. The fourth-order valence-electron chi connectivity index (χ4n) is 1.07. The summed E-state index contributed by atoms with van der Waals surface area (Å²) in [7, 11) is 0. The molecule has 0 aliphatic carbocycles. The predicted octanol–water partition coefficient (Wildman–Crippen LogP) is 3.00. The lowest BCUT2D eigenvalue weighted by molar-refractivity contribution is 0.556. The van der Waals surface area contributed by atoms with Crippen molar-refractivity contribution in [2.75, 3.05) is 0 Å². The van der Waals surface area contributed by atoms with Crippen molar-refractivity contribution in [2.45, 2.75) is 0 Å². The predicted molar refractivity (Wildman–Crippen MR) is 67.9 cm³/mol. The second kappa shape index (κ2) is 3.56. The van der Waals surface area contributed by atoms with Crippen molar-refractivity contribution < 1.29 is 4.42 Å². The molecule has 0 spiro atoms. The second-order valence-electron chi connectivity index (χ2n) is 2.56. The molecule has 0 aliphatic heterocycles. The van der Waals surface area contributed by atoms with Crippen molar-refractivity contribution >= 4 is 56.2 Å². The van der Waals surface area contributed by atoms with Crippen LogP contribution in [0.5, 0.6) is 0 Å². The number of hydrogen-bond donors (Lipinski definition) is 0. The van der Waals surface area contributed by atoms with E-state index in [-0.39, 0.29) is 5.63 Å². The third-order valence-corrected chi connectivity index (χ3v) is 3.07. The summed E-state index contributed by atoms with van der Waals surface area (Å²) in [4.78, 5) is 11.1. The van der Waals surface area contributed by atoms with Crippen molar-refractivity contribution in [3.63, 3.8) is 0 Å². The Labute approximate surface area is 102 Å². The van der Waals surface area contributed by atoms with E-state index in [9.17, 15) is 4.79 Å². The molecule has 13 heavy (non-hydrogen) atoms. The lowest BCUT2D eigenvalue weighted by Crippen LogP contribution is -2.01. The average molecular weight is 398 g/mol. The van der Waals surface area contributed by atoms with Gasteiger partial charge in [-0.05, 0) is 69.4 Å². The van der Waals surface area contributed by atoms with E-state index in [1.165, 1.54) is 0 Å². The zero-order chi connectivity index (χ0) is 9.42. The zero-order valence-corrected chi connectivity index (χ0v) is 10.7. The van der Waals surface area contributed by atoms with E-state index >= 15 is 0 Å². The molecule has 0 saturated carbocycles. The van der Waals surface area contributed by atoms with Crippen LogP contribution in [0.2, 0.25) is 0 Å². The average Bonchev–Trinajstić information content (AvgIpc) is 2.08.